The van der Waals surface area contributed by atoms with Crippen molar-refractivity contribution in [1.82, 2.24) is 0 Å². The van der Waals surface area contributed by atoms with E-state index >= 15 is 0 Å². The van der Waals surface area contributed by atoms with E-state index in [1.54, 1.807) is 6.07 Å². The van der Waals surface area contributed by atoms with E-state index in [4.69, 9.17) is 11.0 Å². The smallest absolute Gasteiger partial charge is 0.101 e. The highest BCUT2D eigenvalue weighted by atomic mass is 14.9. The van der Waals surface area contributed by atoms with Crippen LogP contribution < -0.4 is 11.1 Å². The highest BCUT2D eigenvalue weighted by Crippen LogP contribution is 2.23. The van der Waals surface area contributed by atoms with Gasteiger partial charge in [0.05, 0.1) is 16.9 Å². The van der Waals surface area contributed by atoms with Crippen molar-refractivity contribution in [3.8, 4) is 6.07 Å². The van der Waals surface area contributed by atoms with Crippen LogP contribution in [0.3, 0.4) is 0 Å². The molecular formula is C16H17N3. The summed E-state index contributed by atoms with van der Waals surface area (Å²) in [4.78, 5) is 0. The minimum Gasteiger partial charge on any atom is -0.396 e. The Kier molecular flexibility index (Phi) is 4.04. The van der Waals surface area contributed by atoms with Crippen LogP contribution >= 0.6 is 0 Å². The molecule has 96 valence electrons. The van der Waals surface area contributed by atoms with Crippen molar-refractivity contribution in [1.29, 1.82) is 5.26 Å². The van der Waals surface area contributed by atoms with Gasteiger partial charge in [-0.1, -0.05) is 36.4 Å². The Balaban J connectivity index is 2.08. The minimum atomic E-state index is 0.249. The Morgan fingerprint density at radius 3 is 2.58 bits per heavy atom. The number of hydrogen-bond donors (Lipinski definition) is 2. The zero-order valence-electron chi connectivity index (χ0n) is 10.9. The Labute approximate surface area is 113 Å². The normalized spacial score (nSPS) is 11.6. The molecule has 0 aromatic heterocycles. The number of hydrogen-bond acceptors (Lipinski definition) is 3. The van der Waals surface area contributed by atoms with Crippen LogP contribution in [0.15, 0.2) is 48.5 Å². The quantitative estimate of drug-likeness (QED) is 0.820. The molecule has 0 saturated heterocycles. The Hall–Kier alpha value is -2.47. The summed E-state index contributed by atoms with van der Waals surface area (Å²) in [7, 11) is 0. The summed E-state index contributed by atoms with van der Waals surface area (Å²) in [6, 6.07) is 18.1. The molecule has 0 aliphatic carbocycles. The molecule has 0 aliphatic rings. The van der Waals surface area contributed by atoms with Crippen LogP contribution in [-0.4, -0.2) is 6.04 Å². The molecule has 3 N–H and O–H groups in total. The van der Waals surface area contributed by atoms with E-state index in [1.807, 2.05) is 30.3 Å². The van der Waals surface area contributed by atoms with E-state index in [0.29, 0.717) is 11.3 Å². The second-order valence-corrected chi connectivity index (χ2v) is 4.61. The monoisotopic (exact) mass is 251 g/mol. The first-order valence-corrected chi connectivity index (χ1v) is 6.29. The first kappa shape index (κ1) is 13.0. The van der Waals surface area contributed by atoms with Gasteiger partial charge >= 0.3 is 0 Å². The molecule has 3 nitrogen and oxygen atoms in total. The van der Waals surface area contributed by atoms with E-state index in [1.165, 1.54) is 5.56 Å². The number of nitrogens with two attached hydrogens (primary N) is 1. The number of anilines is 2. The summed E-state index contributed by atoms with van der Waals surface area (Å²) in [5.74, 6) is 0. The molecule has 19 heavy (non-hydrogen) atoms. The Morgan fingerprint density at radius 2 is 1.89 bits per heavy atom. The molecule has 0 spiro atoms. The predicted octanol–water partition coefficient (Wildman–Crippen LogP) is 3.18. The maximum absolute atomic E-state index is 8.95. The summed E-state index contributed by atoms with van der Waals surface area (Å²) in [5, 5.41) is 12.3. The van der Waals surface area contributed by atoms with Crippen LogP contribution in [-0.2, 0) is 6.42 Å². The lowest BCUT2D eigenvalue weighted by Gasteiger charge is -2.17. The third kappa shape index (κ3) is 3.26. The molecule has 3 heteroatoms. The van der Waals surface area contributed by atoms with Gasteiger partial charge in [-0.2, -0.15) is 5.26 Å². The van der Waals surface area contributed by atoms with Crippen molar-refractivity contribution in [2.75, 3.05) is 11.1 Å². The van der Waals surface area contributed by atoms with E-state index in [2.05, 4.69) is 30.4 Å². The van der Waals surface area contributed by atoms with Crippen LogP contribution in [0, 0.1) is 11.3 Å². The number of nitriles is 1. The molecule has 0 aliphatic heterocycles. The van der Waals surface area contributed by atoms with Crippen molar-refractivity contribution in [3.63, 3.8) is 0 Å². The Bertz CT molecular complexity index is 585. The fourth-order valence-electron chi connectivity index (χ4n) is 2.07. The predicted molar refractivity (Wildman–Crippen MR) is 78.8 cm³/mol. The van der Waals surface area contributed by atoms with E-state index < -0.39 is 0 Å². The van der Waals surface area contributed by atoms with Gasteiger partial charge in [0, 0.05) is 6.04 Å². The highest BCUT2D eigenvalue weighted by Gasteiger charge is 2.08. The van der Waals surface area contributed by atoms with E-state index in [-0.39, 0.29) is 6.04 Å². The zero-order chi connectivity index (χ0) is 13.7. The van der Waals surface area contributed by atoms with Crippen LogP contribution in [0.5, 0.6) is 0 Å². The minimum absolute atomic E-state index is 0.249. The summed E-state index contributed by atoms with van der Waals surface area (Å²) in [6.07, 6.45) is 0.914. The first-order chi connectivity index (χ1) is 9.20. The average Bonchev–Trinajstić information content (AvgIpc) is 2.42. The molecule has 0 saturated carbocycles. The van der Waals surface area contributed by atoms with Gasteiger partial charge in [-0.3, -0.25) is 0 Å². The lowest BCUT2D eigenvalue weighted by Crippen LogP contribution is -2.19. The van der Waals surface area contributed by atoms with Gasteiger partial charge < -0.3 is 11.1 Å². The summed E-state index contributed by atoms with van der Waals surface area (Å²) >= 11 is 0. The molecule has 1 unspecified atom stereocenters. The van der Waals surface area contributed by atoms with Crippen molar-refractivity contribution in [2.24, 2.45) is 0 Å². The second-order valence-electron chi connectivity index (χ2n) is 4.61. The van der Waals surface area contributed by atoms with Gasteiger partial charge in [-0.15, -0.1) is 0 Å². The van der Waals surface area contributed by atoms with Gasteiger partial charge in [0.2, 0.25) is 0 Å². The molecule has 0 fully saturated rings. The molecule has 0 radical (unpaired) electrons. The van der Waals surface area contributed by atoms with Crippen LogP contribution in [0.1, 0.15) is 18.1 Å². The summed E-state index contributed by atoms with van der Waals surface area (Å²) in [6.45, 7) is 2.10. The number of nitrogens with zero attached hydrogens (tertiary/aromatic N) is 1. The van der Waals surface area contributed by atoms with Gasteiger partial charge in [0.15, 0.2) is 0 Å². The lowest BCUT2D eigenvalue weighted by atomic mass is 10.1. The number of benzene rings is 2. The summed E-state index contributed by atoms with van der Waals surface area (Å²) < 4.78 is 0. The highest BCUT2D eigenvalue weighted by molar-refractivity contribution is 5.73. The molecular weight excluding hydrogens is 234 g/mol. The topological polar surface area (TPSA) is 61.8 Å². The zero-order valence-corrected chi connectivity index (χ0v) is 10.9. The maximum Gasteiger partial charge on any atom is 0.101 e. The largest absolute Gasteiger partial charge is 0.396 e. The third-order valence-electron chi connectivity index (χ3n) is 3.01. The number of para-hydroxylation sites is 1. The number of nitrogen functional groups attached to an aromatic ring is 1. The van der Waals surface area contributed by atoms with Gasteiger partial charge in [-0.25, -0.2) is 0 Å². The molecule has 0 heterocycles. The Morgan fingerprint density at radius 1 is 1.16 bits per heavy atom. The second kappa shape index (κ2) is 5.92. The molecule has 2 rings (SSSR count). The number of nitrogens with one attached hydrogen (secondary N) is 1. The van der Waals surface area contributed by atoms with Gasteiger partial charge in [-0.05, 0) is 31.0 Å². The van der Waals surface area contributed by atoms with Crippen LogP contribution in [0.2, 0.25) is 0 Å². The fourth-order valence-corrected chi connectivity index (χ4v) is 2.07. The van der Waals surface area contributed by atoms with Crippen molar-refractivity contribution in [2.45, 2.75) is 19.4 Å². The van der Waals surface area contributed by atoms with Gasteiger partial charge in [0.25, 0.3) is 0 Å². The first-order valence-electron chi connectivity index (χ1n) is 6.29. The number of rotatable bonds is 4. The molecule has 0 bridgehead atoms. The van der Waals surface area contributed by atoms with Gasteiger partial charge in [0.1, 0.15) is 6.07 Å². The SMILES string of the molecule is CC(Cc1ccccc1)Nc1cccc(C#N)c1N. The third-order valence-corrected chi connectivity index (χ3v) is 3.01. The maximum atomic E-state index is 8.95. The average molecular weight is 251 g/mol. The standard InChI is InChI=1S/C16H17N3/c1-12(10-13-6-3-2-4-7-13)19-15-9-5-8-14(11-17)16(15)18/h2-9,12,19H,10,18H2,1H3. The van der Waals surface area contributed by atoms with Crippen LogP contribution in [0.4, 0.5) is 11.4 Å². The van der Waals surface area contributed by atoms with Crippen LogP contribution in [0.25, 0.3) is 0 Å². The van der Waals surface area contributed by atoms with Crippen molar-refractivity contribution in [3.05, 3.63) is 59.7 Å². The molecule has 2 aromatic carbocycles. The summed E-state index contributed by atoms with van der Waals surface area (Å²) in [5.41, 5.74) is 9.08. The van der Waals surface area contributed by atoms with E-state index in [9.17, 15) is 0 Å². The molecule has 0 amide bonds. The van der Waals surface area contributed by atoms with Crippen molar-refractivity contribution < 1.29 is 0 Å². The van der Waals surface area contributed by atoms with Crippen molar-refractivity contribution >= 4 is 11.4 Å². The fraction of sp³-hybridized carbons (Fsp3) is 0.188. The molecule has 2 aromatic rings. The molecule has 1 atom stereocenters. The van der Waals surface area contributed by atoms with E-state index in [0.717, 1.165) is 12.1 Å². The lowest BCUT2D eigenvalue weighted by molar-refractivity contribution is 0.791.